The number of carbonyl (C=O) groups is 1. The first-order chi connectivity index (χ1) is 8.97. The molecule has 0 aliphatic carbocycles. The summed E-state index contributed by atoms with van der Waals surface area (Å²) in [6.45, 7) is 3.71. The number of aromatic nitrogens is 2. The molecule has 5 heteroatoms. The van der Waals surface area contributed by atoms with E-state index >= 15 is 0 Å². The van der Waals surface area contributed by atoms with Gasteiger partial charge in [-0.2, -0.15) is 0 Å². The first kappa shape index (κ1) is 13.0. The fourth-order valence-electron chi connectivity index (χ4n) is 1.70. The second kappa shape index (κ2) is 5.06. The van der Waals surface area contributed by atoms with Crippen LogP contribution in [0.2, 0.25) is 0 Å². The molecule has 0 atom stereocenters. The molecule has 1 amide bonds. The molecule has 19 heavy (non-hydrogen) atoms. The number of nitrogens with zero attached hydrogens (tertiary/aromatic N) is 2. The molecule has 0 aliphatic heterocycles. The van der Waals surface area contributed by atoms with E-state index in [0.29, 0.717) is 11.3 Å². The van der Waals surface area contributed by atoms with Crippen molar-refractivity contribution in [2.24, 2.45) is 7.05 Å². The van der Waals surface area contributed by atoms with E-state index in [9.17, 15) is 9.59 Å². The minimum absolute atomic E-state index is 0.216. The summed E-state index contributed by atoms with van der Waals surface area (Å²) in [5.74, 6) is -0.313. The van der Waals surface area contributed by atoms with Gasteiger partial charge in [0.1, 0.15) is 0 Å². The Balaban J connectivity index is 2.25. The first-order valence-corrected chi connectivity index (χ1v) is 5.89. The van der Waals surface area contributed by atoms with Crippen LogP contribution in [0, 0.1) is 13.8 Å². The lowest BCUT2D eigenvalue weighted by atomic mass is 10.2. The Morgan fingerprint density at radius 1 is 1.26 bits per heavy atom. The van der Waals surface area contributed by atoms with E-state index in [1.54, 1.807) is 25.4 Å². The third kappa shape index (κ3) is 2.88. The highest BCUT2D eigenvalue weighted by Gasteiger charge is 2.09. The van der Waals surface area contributed by atoms with Gasteiger partial charge in [0.05, 0.1) is 11.4 Å². The summed E-state index contributed by atoms with van der Waals surface area (Å²) in [5, 5.41) is 2.75. The van der Waals surface area contributed by atoms with Crippen LogP contribution >= 0.6 is 0 Å². The Bertz CT molecular complexity index is 689. The molecule has 98 valence electrons. The maximum Gasteiger partial charge on any atom is 0.255 e. The summed E-state index contributed by atoms with van der Waals surface area (Å²) in [6, 6.07) is 6.54. The lowest BCUT2D eigenvalue weighted by Gasteiger charge is -2.08. The topological polar surface area (TPSA) is 64.0 Å². The summed E-state index contributed by atoms with van der Waals surface area (Å²) < 4.78 is 1.41. The molecule has 0 spiro atoms. The zero-order valence-electron chi connectivity index (χ0n) is 11.1. The highest BCUT2D eigenvalue weighted by molar-refractivity contribution is 6.04. The Kier molecular flexibility index (Phi) is 3.46. The van der Waals surface area contributed by atoms with Gasteiger partial charge in [0.2, 0.25) is 0 Å². The Labute approximate surface area is 110 Å². The van der Waals surface area contributed by atoms with Crippen LogP contribution in [0.5, 0.6) is 0 Å². The molecule has 1 N–H and O–H groups in total. The van der Waals surface area contributed by atoms with Crippen molar-refractivity contribution in [1.82, 2.24) is 9.55 Å². The first-order valence-electron chi connectivity index (χ1n) is 5.89. The normalized spacial score (nSPS) is 10.3. The maximum absolute atomic E-state index is 12.0. The standard InChI is InChI=1S/C14H15N3O2/c1-9-4-5-12(10(2)15-9)16-14(19)11-6-7-17(3)13(18)8-11/h4-8H,1-3H3,(H,16,19). The van der Waals surface area contributed by atoms with Crippen LogP contribution in [0.1, 0.15) is 21.7 Å². The van der Waals surface area contributed by atoms with Crippen molar-refractivity contribution in [2.75, 3.05) is 5.32 Å². The largest absolute Gasteiger partial charge is 0.320 e. The lowest BCUT2D eigenvalue weighted by molar-refractivity contribution is 0.102. The van der Waals surface area contributed by atoms with Crippen molar-refractivity contribution < 1.29 is 4.79 Å². The molecule has 0 saturated heterocycles. The number of nitrogens with one attached hydrogen (secondary N) is 1. The molecule has 0 bridgehead atoms. The SMILES string of the molecule is Cc1ccc(NC(=O)c2ccn(C)c(=O)c2)c(C)n1. The molecule has 0 aliphatic rings. The molecule has 2 aromatic rings. The minimum atomic E-state index is -0.313. The lowest BCUT2D eigenvalue weighted by Crippen LogP contribution is -2.20. The Morgan fingerprint density at radius 2 is 2.00 bits per heavy atom. The van der Waals surface area contributed by atoms with Gasteiger partial charge in [-0.1, -0.05) is 0 Å². The predicted octanol–water partition coefficient (Wildman–Crippen LogP) is 1.65. The van der Waals surface area contributed by atoms with Crippen LogP contribution in [0.15, 0.2) is 35.3 Å². The number of hydrogen-bond acceptors (Lipinski definition) is 3. The number of anilines is 1. The highest BCUT2D eigenvalue weighted by Crippen LogP contribution is 2.13. The van der Waals surface area contributed by atoms with E-state index in [0.717, 1.165) is 11.4 Å². The molecule has 2 heterocycles. The van der Waals surface area contributed by atoms with Crippen molar-refractivity contribution in [3.05, 3.63) is 57.8 Å². The van der Waals surface area contributed by atoms with E-state index in [1.807, 2.05) is 19.9 Å². The monoisotopic (exact) mass is 257 g/mol. The molecular formula is C14H15N3O2. The van der Waals surface area contributed by atoms with Crippen LogP contribution in [-0.2, 0) is 7.05 Å². The third-order valence-electron chi connectivity index (χ3n) is 2.84. The zero-order valence-corrected chi connectivity index (χ0v) is 11.1. The van der Waals surface area contributed by atoms with Gasteiger partial charge in [-0.25, -0.2) is 0 Å². The van der Waals surface area contributed by atoms with E-state index in [1.165, 1.54) is 10.6 Å². The zero-order chi connectivity index (χ0) is 14.0. The van der Waals surface area contributed by atoms with Crippen LogP contribution in [0.4, 0.5) is 5.69 Å². The van der Waals surface area contributed by atoms with Crippen molar-refractivity contribution >= 4 is 11.6 Å². The van der Waals surface area contributed by atoms with E-state index in [-0.39, 0.29) is 11.5 Å². The number of amides is 1. The Hall–Kier alpha value is -2.43. The Morgan fingerprint density at radius 3 is 2.63 bits per heavy atom. The molecule has 0 unspecified atom stereocenters. The molecule has 0 aromatic carbocycles. The predicted molar refractivity (Wildman–Crippen MR) is 73.3 cm³/mol. The number of hydrogen-bond donors (Lipinski definition) is 1. The number of rotatable bonds is 2. The molecule has 2 aromatic heterocycles. The van der Waals surface area contributed by atoms with Gasteiger partial charge in [-0.3, -0.25) is 14.6 Å². The molecule has 0 radical (unpaired) electrons. The third-order valence-corrected chi connectivity index (χ3v) is 2.84. The second-order valence-corrected chi connectivity index (χ2v) is 4.40. The fraction of sp³-hybridized carbons (Fsp3) is 0.214. The summed E-state index contributed by atoms with van der Waals surface area (Å²) >= 11 is 0. The fourth-order valence-corrected chi connectivity index (χ4v) is 1.70. The average Bonchev–Trinajstić information content (AvgIpc) is 2.36. The average molecular weight is 257 g/mol. The molecule has 5 nitrogen and oxygen atoms in total. The van der Waals surface area contributed by atoms with Crippen LogP contribution in [-0.4, -0.2) is 15.5 Å². The highest BCUT2D eigenvalue weighted by atomic mass is 16.2. The second-order valence-electron chi connectivity index (χ2n) is 4.40. The van der Waals surface area contributed by atoms with Gasteiger partial charge >= 0.3 is 0 Å². The van der Waals surface area contributed by atoms with Crippen LogP contribution in [0.3, 0.4) is 0 Å². The van der Waals surface area contributed by atoms with Crippen molar-refractivity contribution in [3.8, 4) is 0 Å². The summed E-state index contributed by atoms with van der Waals surface area (Å²) in [7, 11) is 1.64. The summed E-state index contributed by atoms with van der Waals surface area (Å²) in [5.41, 5.74) is 2.41. The summed E-state index contributed by atoms with van der Waals surface area (Å²) in [4.78, 5) is 27.8. The van der Waals surface area contributed by atoms with Gasteiger partial charge in [0, 0.05) is 30.6 Å². The van der Waals surface area contributed by atoms with Gasteiger partial charge < -0.3 is 9.88 Å². The maximum atomic E-state index is 12.0. The number of carbonyl (C=O) groups excluding carboxylic acids is 1. The number of pyridine rings is 2. The molecule has 0 saturated carbocycles. The van der Waals surface area contributed by atoms with E-state index in [2.05, 4.69) is 10.3 Å². The van der Waals surface area contributed by atoms with Crippen molar-refractivity contribution in [1.29, 1.82) is 0 Å². The smallest absolute Gasteiger partial charge is 0.255 e. The number of aryl methyl sites for hydroxylation is 3. The van der Waals surface area contributed by atoms with Crippen LogP contribution < -0.4 is 10.9 Å². The van der Waals surface area contributed by atoms with Gasteiger partial charge in [-0.15, -0.1) is 0 Å². The summed E-state index contributed by atoms with van der Waals surface area (Å²) in [6.07, 6.45) is 1.57. The van der Waals surface area contributed by atoms with E-state index in [4.69, 9.17) is 0 Å². The molecular weight excluding hydrogens is 242 g/mol. The molecule has 0 fully saturated rings. The van der Waals surface area contributed by atoms with Crippen molar-refractivity contribution in [3.63, 3.8) is 0 Å². The minimum Gasteiger partial charge on any atom is -0.320 e. The molecule has 2 rings (SSSR count). The quantitative estimate of drug-likeness (QED) is 0.889. The van der Waals surface area contributed by atoms with E-state index < -0.39 is 0 Å². The van der Waals surface area contributed by atoms with Crippen LogP contribution in [0.25, 0.3) is 0 Å². The van der Waals surface area contributed by atoms with Gasteiger partial charge in [0.25, 0.3) is 11.5 Å². The van der Waals surface area contributed by atoms with Gasteiger partial charge in [0.15, 0.2) is 0 Å². The van der Waals surface area contributed by atoms with Gasteiger partial charge in [-0.05, 0) is 32.0 Å². The van der Waals surface area contributed by atoms with Crippen molar-refractivity contribution in [2.45, 2.75) is 13.8 Å².